The summed E-state index contributed by atoms with van der Waals surface area (Å²) >= 11 is 0. The van der Waals surface area contributed by atoms with Crippen molar-refractivity contribution >= 4 is 0 Å². The Balaban J connectivity index is 3.46. The molecule has 1 N–H and O–H groups in total. The second-order valence-corrected chi connectivity index (χ2v) is 2.42. The number of halogens is 3. The summed E-state index contributed by atoms with van der Waals surface area (Å²) in [5.74, 6) is 5.05. The van der Waals surface area contributed by atoms with Crippen molar-refractivity contribution in [1.82, 2.24) is 0 Å². The zero-order valence-electron chi connectivity index (χ0n) is 7.19. The molecule has 0 aromatic carbocycles. The van der Waals surface area contributed by atoms with Gasteiger partial charge in [-0.2, -0.15) is 13.2 Å². The molecule has 0 aromatic heterocycles. The summed E-state index contributed by atoms with van der Waals surface area (Å²) in [6.07, 6.45) is -5.15. The molecule has 0 heterocycles. The van der Waals surface area contributed by atoms with Crippen molar-refractivity contribution in [3.63, 3.8) is 0 Å². The van der Waals surface area contributed by atoms with Crippen molar-refractivity contribution in [2.75, 3.05) is 13.2 Å². The van der Waals surface area contributed by atoms with Crippen LogP contribution in [0.25, 0.3) is 0 Å². The van der Waals surface area contributed by atoms with E-state index in [-0.39, 0.29) is 13.0 Å². The molecular weight excluding hydrogens is 185 g/mol. The first-order chi connectivity index (χ1) is 5.95. The molecule has 0 bridgehead atoms. The summed E-state index contributed by atoms with van der Waals surface area (Å²) in [6, 6.07) is 0. The number of hydrogen-bond donors (Lipinski definition) is 1. The van der Waals surface area contributed by atoms with E-state index in [9.17, 15) is 13.2 Å². The summed E-state index contributed by atoms with van der Waals surface area (Å²) in [7, 11) is 0. The van der Waals surface area contributed by atoms with Crippen LogP contribution in [0.2, 0.25) is 0 Å². The Labute approximate surface area is 74.7 Å². The maximum atomic E-state index is 11.5. The number of aliphatic hydroxyl groups is 1. The van der Waals surface area contributed by atoms with E-state index in [1.54, 1.807) is 6.92 Å². The lowest BCUT2D eigenvalue weighted by Crippen LogP contribution is -2.22. The molecule has 5 heteroatoms. The quantitative estimate of drug-likeness (QED) is 0.687. The lowest BCUT2D eigenvalue weighted by molar-refractivity contribution is -0.178. The largest absolute Gasteiger partial charge is 0.411 e. The molecule has 0 saturated carbocycles. The van der Waals surface area contributed by atoms with Gasteiger partial charge in [0.2, 0.25) is 0 Å². The highest BCUT2D eigenvalue weighted by molar-refractivity contribution is 4.96. The van der Waals surface area contributed by atoms with Crippen LogP contribution in [0.3, 0.4) is 0 Å². The fraction of sp³-hybridized carbons (Fsp3) is 0.750. The molecule has 0 aromatic rings. The van der Waals surface area contributed by atoms with Gasteiger partial charge in [-0.1, -0.05) is 0 Å². The Morgan fingerprint density at radius 2 is 2.08 bits per heavy atom. The van der Waals surface area contributed by atoms with Crippen molar-refractivity contribution in [1.29, 1.82) is 0 Å². The number of hydrogen-bond acceptors (Lipinski definition) is 2. The van der Waals surface area contributed by atoms with Crippen LogP contribution in [0.5, 0.6) is 0 Å². The minimum absolute atomic E-state index is 0.133. The highest BCUT2D eigenvalue weighted by Gasteiger charge is 2.27. The van der Waals surface area contributed by atoms with Gasteiger partial charge in [0.1, 0.15) is 6.61 Å². The van der Waals surface area contributed by atoms with Gasteiger partial charge >= 0.3 is 6.18 Å². The Kier molecular flexibility index (Phi) is 5.51. The van der Waals surface area contributed by atoms with Crippen molar-refractivity contribution in [3.05, 3.63) is 0 Å². The van der Waals surface area contributed by atoms with Crippen molar-refractivity contribution in [2.24, 2.45) is 0 Å². The Morgan fingerprint density at radius 3 is 2.54 bits per heavy atom. The predicted molar refractivity (Wildman–Crippen MR) is 40.9 cm³/mol. The Hall–Kier alpha value is -0.730. The first kappa shape index (κ1) is 12.3. The minimum atomic E-state index is -4.34. The van der Waals surface area contributed by atoms with Crippen molar-refractivity contribution in [2.45, 2.75) is 25.6 Å². The normalized spacial score (nSPS) is 13.3. The van der Waals surface area contributed by atoms with Crippen LogP contribution >= 0.6 is 0 Å². The van der Waals surface area contributed by atoms with Gasteiger partial charge in [0.15, 0.2) is 0 Å². The van der Waals surface area contributed by atoms with Crippen molar-refractivity contribution in [3.8, 4) is 11.8 Å². The topological polar surface area (TPSA) is 29.5 Å². The molecule has 2 nitrogen and oxygen atoms in total. The van der Waals surface area contributed by atoms with E-state index in [2.05, 4.69) is 16.6 Å². The van der Waals surface area contributed by atoms with E-state index >= 15 is 0 Å². The molecule has 1 unspecified atom stereocenters. The van der Waals surface area contributed by atoms with E-state index in [4.69, 9.17) is 5.11 Å². The summed E-state index contributed by atoms with van der Waals surface area (Å²) < 4.78 is 38.8. The van der Waals surface area contributed by atoms with Gasteiger partial charge in [-0.15, -0.1) is 11.8 Å². The molecule has 0 fully saturated rings. The fourth-order valence-electron chi connectivity index (χ4n) is 0.589. The van der Waals surface area contributed by atoms with Crippen LogP contribution < -0.4 is 0 Å². The summed E-state index contributed by atoms with van der Waals surface area (Å²) in [5.41, 5.74) is 0. The predicted octanol–water partition coefficient (Wildman–Crippen LogP) is 1.34. The summed E-state index contributed by atoms with van der Waals surface area (Å²) in [5, 5.41) is 8.98. The third-order valence-corrected chi connectivity index (χ3v) is 1.09. The molecular formula is C8H11F3O2. The third kappa shape index (κ3) is 9.18. The van der Waals surface area contributed by atoms with E-state index in [0.717, 1.165) is 0 Å². The van der Waals surface area contributed by atoms with E-state index in [1.807, 2.05) is 0 Å². The lowest BCUT2D eigenvalue weighted by Gasteiger charge is -2.09. The average Bonchev–Trinajstić information content (AvgIpc) is 1.98. The molecule has 0 saturated heterocycles. The van der Waals surface area contributed by atoms with Crippen LogP contribution in [-0.2, 0) is 4.74 Å². The van der Waals surface area contributed by atoms with Crippen LogP contribution in [0, 0.1) is 11.8 Å². The van der Waals surface area contributed by atoms with E-state index in [1.165, 1.54) is 0 Å². The van der Waals surface area contributed by atoms with Gasteiger partial charge in [-0.25, -0.2) is 0 Å². The molecule has 1 atom stereocenters. The average molecular weight is 196 g/mol. The lowest BCUT2D eigenvalue weighted by atomic mass is 10.3. The Morgan fingerprint density at radius 1 is 1.46 bits per heavy atom. The number of aliphatic hydroxyl groups excluding tert-OH is 1. The molecule has 0 rings (SSSR count). The second-order valence-electron chi connectivity index (χ2n) is 2.42. The molecule has 76 valence electrons. The van der Waals surface area contributed by atoms with Crippen LogP contribution in [0.15, 0.2) is 0 Å². The molecule has 0 aliphatic rings. The van der Waals surface area contributed by atoms with Gasteiger partial charge in [0.05, 0.1) is 12.7 Å². The molecule has 0 amide bonds. The number of ether oxygens (including phenoxy) is 1. The monoisotopic (exact) mass is 196 g/mol. The maximum Gasteiger partial charge on any atom is 0.411 e. The van der Waals surface area contributed by atoms with Gasteiger partial charge in [0.25, 0.3) is 0 Å². The van der Waals surface area contributed by atoms with Gasteiger partial charge in [-0.3, -0.25) is 0 Å². The highest BCUT2D eigenvalue weighted by Crippen LogP contribution is 2.14. The Bertz CT molecular complexity index is 190. The zero-order valence-corrected chi connectivity index (χ0v) is 7.19. The molecule has 0 spiro atoms. The first-order valence-electron chi connectivity index (χ1n) is 3.68. The molecule has 0 radical (unpaired) electrons. The summed E-state index contributed by atoms with van der Waals surface area (Å²) in [4.78, 5) is 0. The standard InChI is InChI=1S/C8H11F3O2/c1-2-3-4-7(12)5-13-6-8(9,10)11/h7,12H,4-6H2,1H3. The van der Waals surface area contributed by atoms with E-state index < -0.39 is 18.9 Å². The zero-order chi connectivity index (χ0) is 10.3. The second kappa shape index (κ2) is 5.84. The molecule has 0 aliphatic heterocycles. The maximum absolute atomic E-state index is 11.5. The molecule has 13 heavy (non-hydrogen) atoms. The summed E-state index contributed by atoms with van der Waals surface area (Å²) in [6.45, 7) is -0.0822. The minimum Gasteiger partial charge on any atom is -0.390 e. The van der Waals surface area contributed by atoms with Gasteiger partial charge in [-0.05, 0) is 6.92 Å². The van der Waals surface area contributed by atoms with Gasteiger partial charge in [0, 0.05) is 6.42 Å². The highest BCUT2D eigenvalue weighted by atomic mass is 19.4. The van der Waals surface area contributed by atoms with Crippen LogP contribution in [-0.4, -0.2) is 30.6 Å². The van der Waals surface area contributed by atoms with Gasteiger partial charge < -0.3 is 9.84 Å². The fourth-order valence-corrected chi connectivity index (χ4v) is 0.589. The van der Waals surface area contributed by atoms with E-state index in [0.29, 0.717) is 0 Å². The van der Waals surface area contributed by atoms with Crippen molar-refractivity contribution < 1.29 is 23.0 Å². The SMILES string of the molecule is CC#CCC(O)COCC(F)(F)F. The van der Waals surface area contributed by atoms with Crippen LogP contribution in [0.4, 0.5) is 13.2 Å². The molecule has 0 aliphatic carbocycles. The number of rotatable bonds is 4. The van der Waals surface area contributed by atoms with Crippen LogP contribution in [0.1, 0.15) is 13.3 Å². The third-order valence-electron chi connectivity index (χ3n) is 1.09. The first-order valence-corrected chi connectivity index (χ1v) is 3.68. The smallest absolute Gasteiger partial charge is 0.390 e. The number of alkyl halides is 3.